The smallest absolute Gasteiger partial charge is 0.416 e. The summed E-state index contributed by atoms with van der Waals surface area (Å²) in [5.74, 6) is -0.857. The summed E-state index contributed by atoms with van der Waals surface area (Å²) in [6.07, 6.45) is -4.97. The lowest BCUT2D eigenvalue weighted by Crippen LogP contribution is -2.15. The van der Waals surface area contributed by atoms with E-state index in [0.717, 1.165) is 18.2 Å². The van der Waals surface area contributed by atoms with Gasteiger partial charge in [0.05, 0.1) is 17.5 Å². The summed E-state index contributed by atoms with van der Waals surface area (Å²) < 4.78 is 49.7. The van der Waals surface area contributed by atoms with E-state index in [4.69, 9.17) is 25.9 Å². The number of aliphatic carboxylic acids is 1. The van der Waals surface area contributed by atoms with Gasteiger partial charge in [0, 0.05) is 21.5 Å². The molecular formula is C21H16ClF3O5. The molecule has 0 aliphatic heterocycles. The molecule has 0 amide bonds. The maximum atomic E-state index is 12.9. The van der Waals surface area contributed by atoms with Gasteiger partial charge in [-0.05, 0) is 49.7 Å². The van der Waals surface area contributed by atoms with Crippen molar-refractivity contribution in [3.8, 4) is 5.75 Å². The summed E-state index contributed by atoms with van der Waals surface area (Å²) in [5.41, 5.74) is -0.229. The van der Waals surface area contributed by atoms with Crippen molar-refractivity contribution >= 4 is 28.5 Å². The zero-order valence-electron chi connectivity index (χ0n) is 15.9. The minimum atomic E-state index is -4.51. The van der Waals surface area contributed by atoms with Crippen LogP contribution in [0.15, 0.2) is 39.5 Å². The van der Waals surface area contributed by atoms with Crippen molar-refractivity contribution in [1.82, 2.24) is 0 Å². The Morgan fingerprint density at radius 2 is 1.87 bits per heavy atom. The highest BCUT2D eigenvalue weighted by Crippen LogP contribution is 2.33. The number of carboxylic acid groups (broad SMARTS) is 1. The zero-order chi connectivity index (χ0) is 22.2. The van der Waals surface area contributed by atoms with Crippen molar-refractivity contribution in [2.24, 2.45) is 0 Å². The molecule has 1 heterocycles. The Bertz CT molecular complexity index is 1200. The van der Waals surface area contributed by atoms with Crippen molar-refractivity contribution in [2.45, 2.75) is 33.1 Å². The molecule has 3 rings (SSSR count). The largest absolute Gasteiger partial charge is 0.488 e. The zero-order valence-corrected chi connectivity index (χ0v) is 16.6. The Hall–Kier alpha value is -3.00. The molecule has 0 fully saturated rings. The maximum Gasteiger partial charge on any atom is 0.416 e. The number of fused-ring (bicyclic) bond motifs is 1. The van der Waals surface area contributed by atoms with Crippen molar-refractivity contribution in [1.29, 1.82) is 0 Å². The van der Waals surface area contributed by atoms with Gasteiger partial charge in [0.15, 0.2) is 0 Å². The van der Waals surface area contributed by atoms with Crippen LogP contribution in [-0.4, -0.2) is 11.1 Å². The fraction of sp³-hybridized carbons (Fsp3) is 0.238. The summed E-state index contributed by atoms with van der Waals surface area (Å²) in [6.45, 7) is 3.03. The average Bonchev–Trinajstić information content (AvgIpc) is 2.65. The van der Waals surface area contributed by atoms with E-state index in [0.29, 0.717) is 22.3 Å². The number of hydrogen-bond acceptors (Lipinski definition) is 4. The van der Waals surface area contributed by atoms with Crippen LogP contribution in [0.5, 0.6) is 5.75 Å². The highest BCUT2D eigenvalue weighted by molar-refractivity contribution is 6.31. The van der Waals surface area contributed by atoms with E-state index in [1.54, 1.807) is 26.0 Å². The van der Waals surface area contributed by atoms with E-state index in [1.807, 2.05) is 0 Å². The molecule has 0 unspecified atom stereocenters. The fourth-order valence-corrected chi connectivity index (χ4v) is 3.27. The summed E-state index contributed by atoms with van der Waals surface area (Å²) in [5, 5.41) is 9.65. The standard InChI is InChI=1S/C21H16ClF3O5/c1-10-14-4-6-17(11(2)19(14)30-20(28)15(10)8-18(26)27)29-9-12-7-13(21(23,24)25)3-5-16(12)22/h3-7H,8-9H2,1-2H3,(H,26,27). The first-order chi connectivity index (χ1) is 14.0. The fourth-order valence-electron chi connectivity index (χ4n) is 3.10. The van der Waals surface area contributed by atoms with E-state index in [-0.39, 0.29) is 28.3 Å². The number of aryl methyl sites for hydroxylation is 2. The van der Waals surface area contributed by atoms with Gasteiger partial charge in [-0.2, -0.15) is 13.2 Å². The first-order valence-electron chi connectivity index (χ1n) is 8.75. The van der Waals surface area contributed by atoms with Crippen LogP contribution in [0.3, 0.4) is 0 Å². The van der Waals surface area contributed by atoms with Gasteiger partial charge >= 0.3 is 17.8 Å². The molecule has 158 valence electrons. The number of ether oxygens (including phenoxy) is 1. The topological polar surface area (TPSA) is 76.7 Å². The van der Waals surface area contributed by atoms with Gasteiger partial charge in [-0.1, -0.05) is 11.6 Å². The molecule has 0 saturated heterocycles. The molecular weight excluding hydrogens is 425 g/mol. The van der Waals surface area contributed by atoms with Gasteiger partial charge < -0.3 is 14.3 Å². The second-order valence-electron chi connectivity index (χ2n) is 6.72. The highest BCUT2D eigenvalue weighted by atomic mass is 35.5. The van der Waals surface area contributed by atoms with Crippen LogP contribution in [-0.2, 0) is 24.0 Å². The summed E-state index contributed by atoms with van der Waals surface area (Å²) in [6, 6.07) is 6.15. The monoisotopic (exact) mass is 440 g/mol. The Morgan fingerprint density at radius 3 is 2.50 bits per heavy atom. The minimum Gasteiger partial charge on any atom is -0.488 e. The molecule has 0 aliphatic rings. The molecule has 30 heavy (non-hydrogen) atoms. The van der Waals surface area contributed by atoms with Gasteiger partial charge in [0.25, 0.3) is 0 Å². The molecule has 0 bridgehead atoms. The number of halogens is 4. The number of rotatable bonds is 5. The summed E-state index contributed by atoms with van der Waals surface area (Å²) in [7, 11) is 0. The first-order valence-corrected chi connectivity index (χ1v) is 9.13. The Morgan fingerprint density at radius 1 is 1.17 bits per heavy atom. The molecule has 9 heteroatoms. The van der Waals surface area contributed by atoms with Gasteiger partial charge in [-0.25, -0.2) is 4.79 Å². The van der Waals surface area contributed by atoms with Gasteiger partial charge in [0.1, 0.15) is 17.9 Å². The second kappa shape index (κ2) is 8.02. The van der Waals surface area contributed by atoms with Gasteiger partial charge in [-0.15, -0.1) is 0 Å². The van der Waals surface area contributed by atoms with Crippen molar-refractivity contribution in [2.75, 3.05) is 0 Å². The molecule has 0 aliphatic carbocycles. The van der Waals surface area contributed by atoms with E-state index >= 15 is 0 Å². The van der Waals surface area contributed by atoms with Crippen LogP contribution in [0.1, 0.15) is 27.8 Å². The molecule has 3 aromatic rings. The van der Waals surface area contributed by atoms with E-state index < -0.39 is 29.8 Å². The summed E-state index contributed by atoms with van der Waals surface area (Å²) in [4.78, 5) is 23.2. The SMILES string of the molecule is Cc1c(CC(=O)O)c(=O)oc2c(C)c(OCc3cc(C(F)(F)F)ccc3Cl)ccc12. The van der Waals surface area contributed by atoms with Gasteiger partial charge in [-0.3, -0.25) is 4.79 Å². The van der Waals surface area contributed by atoms with Crippen LogP contribution in [0.4, 0.5) is 13.2 Å². The third kappa shape index (κ3) is 4.28. The third-order valence-electron chi connectivity index (χ3n) is 4.74. The molecule has 1 aromatic heterocycles. The van der Waals surface area contributed by atoms with Crippen molar-refractivity contribution in [3.05, 3.63) is 73.6 Å². The van der Waals surface area contributed by atoms with Crippen molar-refractivity contribution < 1.29 is 32.2 Å². The lowest BCUT2D eigenvalue weighted by Gasteiger charge is -2.14. The quantitative estimate of drug-likeness (QED) is 0.546. The molecule has 5 nitrogen and oxygen atoms in total. The Labute approximate surface area is 173 Å². The molecule has 0 radical (unpaired) electrons. The van der Waals surface area contributed by atoms with Crippen LogP contribution in [0.2, 0.25) is 5.02 Å². The van der Waals surface area contributed by atoms with Crippen LogP contribution in [0, 0.1) is 13.8 Å². The van der Waals surface area contributed by atoms with Crippen LogP contribution >= 0.6 is 11.6 Å². The maximum absolute atomic E-state index is 12.9. The van der Waals surface area contributed by atoms with Crippen LogP contribution < -0.4 is 10.4 Å². The Kier molecular flexibility index (Phi) is 5.81. The normalized spacial score (nSPS) is 11.7. The molecule has 2 aromatic carbocycles. The number of benzene rings is 2. The summed E-state index contributed by atoms with van der Waals surface area (Å²) >= 11 is 5.99. The third-order valence-corrected chi connectivity index (χ3v) is 5.11. The van der Waals surface area contributed by atoms with Gasteiger partial charge in [0.2, 0.25) is 0 Å². The van der Waals surface area contributed by atoms with Crippen LogP contribution in [0.25, 0.3) is 11.0 Å². The highest BCUT2D eigenvalue weighted by Gasteiger charge is 2.31. The minimum absolute atomic E-state index is 0.0545. The van der Waals surface area contributed by atoms with Crippen molar-refractivity contribution in [3.63, 3.8) is 0 Å². The van der Waals surface area contributed by atoms with E-state index in [9.17, 15) is 22.8 Å². The number of alkyl halides is 3. The molecule has 0 spiro atoms. The molecule has 0 saturated carbocycles. The lowest BCUT2D eigenvalue weighted by atomic mass is 10.0. The average molecular weight is 441 g/mol. The number of hydrogen-bond donors (Lipinski definition) is 1. The predicted molar refractivity (Wildman–Crippen MR) is 104 cm³/mol. The predicted octanol–water partition coefficient (Wildman–Crippen LogP) is 5.29. The number of carboxylic acids is 1. The molecule has 0 atom stereocenters. The molecule has 1 N–H and O–H groups in total. The van der Waals surface area contributed by atoms with E-state index in [1.165, 1.54) is 0 Å². The first kappa shape index (κ1) is 21.7. The lowest BCUT2D eigenvalue weighted by molar-refractivity contribution is -0.138. The van der Waals surface area contributed by atoms with E-state index in [2.05, 4.69) is 0 Å². The second-order valence-corrected chi connectivity index (χ2v) is 7.13. The Balaban J connectivity index is 1.96. The number of carbonyl (C=O) groups is 1.